The van der Waals surface area contributed by atoms with Crippen molar-refractivity contribution in [3.63, 3.8) is 0 Å². The van der Waals surface area contributed by atoms with Gasteiger partial charge in [-0.05, 0) is 109 Å². The molecule has 2 aliphatic heterocycles. The van der Waals surface area contributed by atoms with Gasteiger partial charge in [0.1, 0.15) is 48.8 Å². The molecular formula is C66H107NO13. The van der Waals surface area contributed by atoms with Gasteiger partial charge in [0, 0.05) is 6.42 Å². The molecule has 2 aliphatic rings. The minimum atomic E-state index is -1.80. The number of amides is 1. The van der Waals surface area contributed by atoms with Gasteiger partial charge in [0.05, 0.1) is 32.0 Å². The van der Waals surface area contributed by atoms with E-state index < -0.39 is 86.8 Å². The Morgan fingerprint density at radius 3 is 1.38 bits per heavy atom. The molecule has 0 aromatic carbocycles. The van der Waals surface area contributed by atoms with Crippen molar-refractivity contribution in [1.82, 2.24) is 5.32 Å². The Morgan fingerprint density at radius 2 is 0.875 bits per heavy atom. The highest BCUT2D eigenvalue weighted by molar-refractivity contribution is 5.76. The number of rotatable bonds is 46. The van der Waals surface area contributed by atoms with Gasteiger partial charge in [0.2, 0.25) is 5.91 Å². The molecule has 12 unspecified atom stereocenters. The Hall–Kier alpha value is -3.87. The Bertz CT molecular complexity index is 1850. The predicted molar refractivity (Wildman–Crippen MR) is 322 cm³/mol. The summed E-state index contributed by atoms with van der Waals surface area (Å²) in [6, 6.07) is -0.972. The van der Waals surface area contributed by atoms with Gasteiger partial charge in [-0.2, -0.15) is 0 Å². The van der Waals surface area contributed by atoms with Crippen molar-refractivity contribution in [1.29, 1.82) is 0 Å². The van der Waals surface area contributed by atoms with Gasteiger partial charge < -0.3 is 65.1 Å². The first-order chi connectivity index (χ1) is 39.1. The molecule has 0 aromatic heterocycles. The summed E-state index contributed by atoms with van der Waals surface area (Å²) in [5.41, 5.74) is 0. The molecule has 80 heavy (non-hydrogen) atoms. The third-order valence-corrected chi connectivity index (χ3v) is 13.8. The third-order valence-electron chi connectivity index (χ3n) is 13.8. The van der Waals surface area contributed by atoms with E-state index in [1.165, 1.54) is 57.8 Å². The number of hydrogen-bond acceptors (Lipinski definition) is 13. The second-order valence-corrected chi connectivity index (χ2v) is 20.7. The topological polar surface area (TPSA) is 228 Å². The standard InChI is InChI=1S/C66H107NO13/c1-3-5-7-9-11-13-15-17-19-21-23-24-25-26-27-28-29-30-32-34-36-38-40-42-44-46-48-50-58(71)67-54(55(70)49-47-45-43-41-39-37-35-33-31-22-20-18-16-14-12-10-8-6-4-2)53-77-65-63(76)61(74)64(57(52-69)79-65)80-66-62(75)60(73)59(72)56(51-68)78-66/h5,7,11,13,17,19,23-24,26-27,29-31,33-34,36,39-42,47,49,54-57,59-66,68-70,72-76H,3-4,6,8-10,12,14-16,18,20-22,25,28,32,35,37-38,43-46,48,50-53H2,1-2H3,(H,67,71)/b7-5-,13-11-,19-17-,24-23-,27-26-,30-29-,33-31+,36-34-,41-39+,42-40-,49-47+. The van der Waals surface area contributed by atoms with Crippen LogP contribution in [0.15, 0.2) is 134 Å². The molecule has 2 heterocycles. The molecule has 0 radical (unpaired) electrons. The summed E-state index contributed by atoms with van der Waals surface area (Å²) in [6.07, 6.45) is 56.3. The first-order valence-electron chi connectivity index (χ1n) is 30.4. The van der Waals surface area contributed by atoms with Crippen LogP contribution in [0, 0.1) is 0 Å². The van der Waals surface area contributed by atoms with E-state index in [-0.39, 0.29) is 18.9 Å². The first kappa shape index (κ1) is 72.2. The SMILES string of the molecule is CC/C=C\C/C=C\C/C=C\C/C=C\C/C=C\C/C=C\C/C=C\C/C=C\CCCCC(=O)NC(COC1OC(CO)C(OC2OC(CO)C(O)C(O)C2O)C(O)C1O)C(O)/C=C/CC/C=C/CC/C=C/CCCCCCCCCCC. The molecule has 0 saturated carbocycles. The molecule has 454 valence electrons. The molecule has 14 heteroatoms. The number of unbranched alkanes of at least 4 members (excludes halogenated alkanes) is 13. The van der Waals surface area contributed by atoms with E-state index in [2.05, 4.69) is 141 Å². The summed E-state index contributed by atoms with van der Waals surface area (Å²) in [6.45, 7) is 2.60. The summed E-state index contributed by atoms with van der Waals surface area (Å²) >= 11 is 0. The molecule has 1 amide bonds. The fourth-order valence-electron chi connectivity index (χ4n) is 8.92. The highest BCUT2D eigenvalue weighted by atomic mass is 16.7. The second kappa shape index (κ2) is 49.7. The molecule has 2 saturated heterocycles. The fourth-order valence-corrected chi connectivity index (χ4v) is 8.92. The molecule has 0 spiro atoms. The normalized spacial score (nSPS) is 25.2. The number of carbonyl (C=O) groups excluding carboxylic acids is 1. The number of aliphatic hydroxyl groups excluding tert-OH is 8. The van der Waals surface area contributed by atoms with Crippen molar-refractivity contribution in [2.24, 2.45) is 0 Å². The zero-order chi connectivity index (χ0) is 58.1. The lowest BCUT2D eigenvalue weighted by Crippen LogP contribution is -2.65. The number of nitrogens with one attached hydrogen (secondary N) is 1. The summed E-state index contributed by atoms with van der Waals surface area (Å²) in [5, 5.41) is 87.1. The number of carbonyl (C=O) groups is 1. The van der Waals surface area contributed by atoms with Gasteiger partial charge in [0.25, 0.3) is 0 Å². The van der Waals surface area contributed by atoms with Crippen LogP contribution < -0.4 is 5.32 Å². The predicted octanol–water partition coefficient (Wildman–Crippen LogP) is 10.8. The van der Waals surface area contributed by atoms with E-state index in [4.69, 9.17) is 18.9 Å². The van der Waals surface area contributed by atoms with E-state index in [1.54, 1.807) is 6.08 Å². The van der Waals surface area contributed by atoms with Crippen molar-refractivity contribution in [2.75, 3.05) is 19.8 Å². The Balaban J connectivity index is 1.81. The van der Waals surface area contributed by atoms with Crippen molar-refractivity contribution < 1.29 is 64.6 Å². The lowest BCUT2D eigenvalue weighted by atomic mass is 9.97. The zero-order valence-electron chi connectivity index (χ0n) is 48.8. The lowest BCUT2D eigenvalue weighted by Gasteiger charge is -2.46. The molecule has 0 aromatic rings. The van der Waals surface area contributed by atoms with Crippen LogP contribution in [-0.4, -0.2) is 140 Å². The Labute approximate surface area is 481 Å². The average Bonchev–Trinajstić information content (AvgIpc) is 3.49. The fraction of sp³-hybridized carbons (Fsp3) is 0.652. The summed E-state index contributed by atoms with van der Waals surface area (Å²) in [5.74, 6) is -0.302. The van der Waals surface area contributed by atoms with Crippen molar-refractivity contribution >= 4 is 5.91 Å². The van der Waals surface area contributed by atoms with Gasteiger partial charge in [-0.25, -0.2) is 0 Å². The van der Waals surface area contributed by atoms with Crippen LogP contribution in [0.25, 0.3) is 0 Å². The molecular weight excluding hydrogens is 1010 g/mol. The van der Waals surface area contributed by atoms with Gasteiger partial charge in [0.15, 0.2) is 12.6 Å². The van der Waals surface area contributed by atoms with Crippen LogP contribution in [0.2, 0.25) is 0 Å². The molecule has 2 rings (SSSR count). The van der Waals surface area contributed by atoms with E-state index >= 15 is 0 Å². The average molecular weight is 1120 g/mol. The highest BCUT2D eigenvalue weighted by Crippen LogP contribution is 2.30. The summed E-state index contributed by atoms with van der Waals surface area (Å²) in [7, 11) is 0. The molecule has 14 nitrogen and oxygen atoms in total. The minimum Gasteiger partial charge on any atom is -0.394 e. The molecule has 0 aliphatic carbocycles. The monoisotopic (exact) mass is 1120 g/mol. The van der Waals surface area contributed by atoms with Crippen molar-refractivity contribution in [3.8, 4) is 0 Å². The quantitative estimate of drug-likeness (QED) is 0.0204. The number of allylic oxidation sites excluding steroid dienone is 21. The smallest absolute Gasteiger partial charge is 0.220 e. The maximum Gasteiger partial charge on any atom is 0.220 e. The van der Waals surface area contributed by atoms with Crippen LogP contribution in [-0.2, 0) is 23.7 Å². The van der Waals surface area contributed by atoms with Crippen LogP contribution in [0.3, 0.4) is 0 Å². The van der Waals surface area contributed by atoms with E-state index in [0.29, 0.717) is 12.8 Å². The zero-order valence-corrected chi connectivity index (χ0v) is 48.8. The van der Waals surface area contributed by atoms with Gasteiger partial charge in [-0.1, -0.05) is 199 Å². The second-order valence-electron chi connectivity index (χ2n) is 20.7. The van der Waals surface area contributed by atoms with Crippen LogP contribution in [0.1, 0.15) is 181 Å². The van der Waals surface area contributed by atoms with Crippen molar-refractivity contribution in [2.45, 2.75) is 254 Å². The molecule has 0 bridgehead atoms. The molecule has 12 atom stereocenters. The van der Waals surface area contributed by atoms with Crippen LogP contribution >= 0.6 is 0 Å². The van der Waals surface area contributed by atoms with Crippen LogP contribution in [0.5, 0.6) is 0 Å². The number of aliphatic hydroxyl groups is 8. The third kappa shape index (κ3) is 34.5. The Kier molecular flexibility index (Phi) is 44.9. The largest absolute Gasteiger partial charge is 0.394 e. The minimum absolute atomic E-state index is 0.205. The molecule has 9 N–H and O–H groups in total. The first-order valence-corrected chi connectivity index (χ1v) is 30.4. The van der Waals surface area contributed by atoms with E-state index in [1.807, 2.05) is 6.08 Å². The summed E-state index contributed by atoms with van der Waals surface area (Å²) in [4.78, 5) is 13.3. The molecule has 2 fully saturated rings. The van der Waals surface area contributed by atoms with Gasteiger partial charge in [-0.3, -0.25) is 4.79 Å². The van der Waals surface area contributed by atoms with E-state index in [9.17, 15) is 45.6 Å². The number of ether oxygens (including phenoxy) is 4. The van der Waals surface area contributed by atoms with Gasteiger partial charge in [-0.15, -0.1) is 0 Å². The maximum absolute atomic E-state index is 13.3. The van der Waals surface area contributed by atoms with Crippen molar-refractivity contribution in [3.05, 3.63) is 134 Å². The number of hydrogen-bond donors (Lipinski definition) is 9. The van der Waals surface area contributed by atoms with Gasteiger partial charge >= 0.3 is 0 Å². The lowest BCUT2D eigenvalue weighted by molar-refractivity contribution is -0.359. The highest BCUT2D eigenvalue weighted by Gasteiger charge is 2.51. The van der Waals surface area contributed by atoms with Crippen LogP contribution in [0.4, 0.5) is 0 Å². The Morgan fingerprint density at radius 1 is 0.463 bits per heavy atom. The van der Waals surface area contributed by atoms with E-state index in [0.717, 1.165) is 89.9 Å². The maximum atomic E-state index is 13.3. The summed E-state index contributed by atoms with van der Waals surface area (Å²) < 4.78 is 22.7.